The van der Waals surface area contributed by atoms with Gasteiger partial charge in [0.15, 0.2) is 0 Å². The Morgan fingerprint density at radius 3 is 3.00 bits per heavy atom. The number of ether oxygens (including phenoxy) is 1. The van der Waals surface area contributed by atoms with E-state index in [0.717, 1.165) is 19.4 Å². The number of aliphatic hydroxyl groups is 1. The van der Waals surface area contributed by atoms with Crippen LogP contribution in [-0.2, 0) is 9.53 Å². The second-order valence-corrected chi connectivity index (χ2v) is 4.03. The van der Waals surface area contributed by atoms with Crippen molar-refractivity contribution in [1.82, 2.24) is 4.90 Å². The van der Waals surface area contributed by atoms with E-state index >= 15 is 0 Å². The highest BCUT2D eigenvalue weighted by atomic mass is 16.5. The molecular weight excluding hydrogens is 194 g/mol. The molecule has 1 amide bonds. The Balaban J connectivity index is 2.16. The first-order chi connectivity index (χ1) is 7.27. The molecule has 1 rings (SSSR count). The third-order valence-electron chi connectivity index (χ3n) is 2.73. The quantitative estimate of drug-likeness (QED) is 0.634. The van der Waals surface area contributed by atoms with E-state index in [2.05, 4.69) is 6.92 Å². The van der Waals surface area contributed by atoms with Crippen LogP contribution in [0.1, 0.15) is 26.2 Å². The zero-order chi connectivity index (χ0) is 11.1. The maximum absolute atomic E-state index is 11.5. The van der Waals surface area contributed by atoms with Crippen LogP contribution in [0.25, 0.3) is 0 Å². The lowest BCUT2D eigenvalue weighted by molar-refractivity contribution is -0.128. The molecule has 4 nitrogen and oxygen atoms in total. The lowest BCUT2D eigenvalue weighted by Crippen LogP contribution is -2.29. The van der Waals surface area contributed by atoms with Crippen LogP contribution in [0.2, 0.25) is 0 Å². The van der Waals surface area contributed by atoms with Crippen molar-refractivity contribution in [2.45, 2.75) is 26.2 Å². The molecule has 0 bridgehead atoms. The summed E-state index contributed by atoms with van der Waals surface area (Å²) in [5, 5.41) is 8.52. The highest BCUT2D eigenvalue weighted by Gasteiger charge is 2.28. The van der Waals surface area contributed by atoms with Crippen molar-refractivity contribution in [1.29, 1.82) is 0 Å². The summed E-state index contributed by atoms with van der Waals surface area (Å²) >= 11 is 0. The zero-order valence-corrected chi connectivity index (χ0v) is 9.45. The second-order valence-electron chi connectivity index (χ2n) is 4.03. The molecule has 15 heavy (non-hydrogen) atoms. The van der Waals surface area contributed by atoms with E-state index in [-0.39, 0.29) is 12.5 Å². The van der Waals surface area contributed by atoms with Crippen molar-refractivity contribution >= 4 is 5.91 Å². The first-order valence-corrected chi connectivity index (χ1v) is 5.74. The van der Waals surface area contributed by atoms with Gasteiger partial charge in [0.1, 0.15) is 0 Å². The predicted molar refractivity (Wildman–Crippen MR) is 57.5 cm³/mol. The van der Waals surface area contributed by atoms with Crippen molar-refractivity contribution < 1.29 is 14.6 Å². The van der Waals surface area contributed by atoms with E-state index in [4.69, 9.17) is 9.84 Å². The van der Waals surface area contributed by atoms with Crippen LogP contribution in [0.5, 0.6) is 0 Å². The Morgan fingerprint density at radius 2 is 2.33 bits per heavy atom. The van der Waals surface area contributed by atoms with Gasteiger partial charge < -0.3 is 14.7 Å². The number of carbonyl (C=O) groups is 1. The molecule has 1 saturated heterocycles. The Bertz CT molecular complexity index is 196. The number of nitrogens with zero attached hydrogens (tertiary/aromatic N) is 1. The summed E-state index contributed by atoms with van der Waals surface area (Å²) in [6.07, 6.45) is 2.99. The first kappa shape index (κ1) is 12.5. The summed E-state index contributed by atoms with van der Waals surface area (Å²) in [7, 11) is 0. The van der Waals surface area contributed by atoms with Gasteiger partial charge in [-0.15, -0.1) is 0 Å². The van der Waals surface area contributed by atoms with Gasteiger partial charge in [0.25, 0.3) is 0 Å². The smallest absolute Gasteiger partial charge is 0.223 e. The first-order valence-electron chi connectivity index (χ1n) is 5.74. The highest BCUT2D eigenvalue weighted by molar-refractivity contribution is 5.78. The number of aliphatic hydroxyl groups excluding tert-OH is 1. The molecule has 88 valence electrons. The topological polar surface area (TPSA) is 49.8 Å². The van der Waals surface area contributed by atoms with E-state index in [9.17, 15) is 4.79 Å². The minimum Gasteiger partial charge on any atom is -0.394 e. The van der Waals surface area contributed by atoms with Crippen molar-refractivity contribution in [3.63, 3.8) is 0 Å². The van der Waals surface area contributed by atoms with Gasteiger partial charge in [-0.25, -0.2) is 0 Å². The summed E-state index contributed by atoms with van der Waals surface area (Å²) in [4.78, 5) is 13.4. The molecular formula is C11H21NO3. The molecule has 0 radical (unpaired) electrons. The Kier molecular flexibility index (Phi) is 5.65. The molecule has 1 heterocycles. The maximum Gasteiger partial charge on any atom is 0.223 e. The molecule has 1 aliphatic heterocycles. The van der Waals surface area contributed by atoms with E-state index in [1.165, 1.54) is 0 Å². The summed E-state index contributed by atoms with van der Waals surface area (Å²) in [5.41, 5.74) is 0. The third kappa shape index (κ3) is 4.18. The minimum absolute atomic E-state index is 0.0480. The monoisotopic (exact) mass is 215 g/mol. The van der Waals surface area contributed by atoms with Crippen LogP contribution in [0.15, 0.2) is 0 Å². The standard InChI is InChI=1S/C11H21NO3/c1-2-3-10-8-11(14)12(9-10)4-6-15-7-5-13/h10,13H,2-9H2,1H3. The van der Waals surface area contributed by atoms with Gasteiger partial charge in [-0.3, -0.25) is 4.79 Å². The fourth-order valence-electron chi connectivity index (χ4n) is 2.01. The third-order valence-corrected chi connectivity index (χ3v) is 2.73. The van der Waals surface area contributed by atoms with E-state index in [0.29, 0.717) is 32.1 Å². The molecule has 1 N–H and O–H groups in total. The minimum atomic E-state index is 0.0480. The molecule has 0 aromatic carbocycles. The average molecular weight is 215 g/mol. The molecule has 0 spiro atoms. The van der Waals surface area contributed by atoms with Gasteiger partial charge in [0.2, 0.25) is 5.91 Å². The van der Waals surface area contributed by atoms with E-state index in [1.54, 1.807) is 0 Å². The summed E-state index contributed by atoms with van der Waals surface area (Å²) in [5.74, 6) is 0.793. The van der Waals surface area contributed by atoms with Gasteiger partial charge in [-0.2, -0.15) is 0 Å². The maximum atomic E-state index is 11.5. The van der Waals surface area contributed by atoms with Crippen LogP contribution in [0.4, 0.5) is 0 Å². The van der Waals surface area contributed by atoms with Crippen molar-refractivity contribution in [2.75, 3.05) is 32.9 Å². The molecule has 1 aliphatic rings. The number of rotatable bonds is 7. The molecule has 0 aromatic heterocycles. The van der Waals surface area contributed by atoms with Gasteiger partial charge in [0.05, 0.1) is 19.8 Å². The normalized spacial score (nSPS) is 21.3. The lowest BCUT2D eigenvalue weighted by Gasteiger charge is -2.16. The SMILES string of the molecule is CCCC1CC(=O)N(CCOCCO)C1. The average Bonchev–Trinajstić information content (AvgIpc) is 2.55. The second kappa shape index (κ2) is 6.80. The number of carbonyl (C=O) groups excluding carboxylic acids is 1. The molecule has 4 heteroatoms. The Morgan fingerprint density at radius 1 is 1.53 bits per heavy atom. The number of hydrogen-bond donors (Lipinski definition) is 1. The van der Waals surface area contributed by atoms with Gasteiger partial charge in [-0.05, 0) is 12.3 Å². The highest BCUT2D eigenvalue weighted by Crippen LogP contribution is 2.21. The largest absolute Gasteiger partial charge is 0.394 e. The fraction of sp³-hybridized carbons (Fsp3) is 0.909. The number of hydrogen-bond acceptors (Lipinski definition) is 3. The summed E-state index contributed by atoms with van der Waals surface area (Å²) in [6, 6.07) is 0. The van der Waals surface area contributed by atoms with E-state index in [1.807, 2.05) is 4.90 Å². The molecule has 1 unspecified atom stereocenters. The summed E-state index contributed by atoms with van der Waals surface area (Å²) in [6.45, 7) is 4.64. The lowest BCUT2D eigenvalue weighted by atomic mass is 10.0. The van der Waals surface area contributed by atoms with Gasteiger partial charge in [0, 0.05) is 19.5 Å². The van der Waals surface area contributed by atoms with Gasteiger partial charge in [-0.1, -0.05) is 13.3 Å². The zero-order valence-electron chi connectivity index (χ0n) is 9.45. The molecule has 1 atom stereocenters. The van der Waals surface area contributed by atoms with Crippen molar-refractivity contribution in [3.8, 4) is 0 Å². The van der Waals surface area contributed by atoms with Crippen molar-refractivity contribution in [3.05, 3.63) is 0 Å². The van der Waals surface area contributed by atoms with Crippen LogP contribution >= 0.6 is 0 Å². The van der Waals surface area contributed by atoms with E-state index < -0.39 is 0 Å². The molecule has 1 fully saturated rings. The van der Waals surface area contributed by atoms with Crippen LogP contribution in [-0.4, -0.2) is 48.8 Å². The Hall–Kier alpha value is -0.610. The van der Waals surface area contributed by atoms with Gasteiger partial charge >= 0.3 is 0 Å². The fourth-order valence-corrected chi connectivity index (χ4v) is 2.01. The van der Waals surface area contributed by atoms with Crippen LogP contribution in [0, 0.1) is 5.92 Å². The van der Waals surface area contributed by atoms with Crippen molar-refractivity contribution in [2.24, 2.45) is 5.92 Å². The number of likely N-dealkylation sites (tertiary alicyclic amines) is 1. The van der Waals surface area contributed by atoms with Crippen LogP contribution < -0.4 is 0 Å². The molecule has 0 saturated carbocycles. The van der Waals surface area contributed by atoms with Crippen LogP contribution in [0.3, 0.4) is 0 Å². The number of amides is 1. The predicted octanol–water partition coefficient (Wildman–Crippen LogP) is 0.644. The Labute approximate surface area is 91.2 Å². The summed E-state index contributed by atoms with van der Waals surface area (Å²) < 4.78 is 5.14. The molecule has 0 aromatic rings. The molecule has 0 aliphatic carbocycles.